The van der Waals surface area contributed by atoms with E-state index in [4.69, 9.17) is 4.74 Å². The summed E-state index contributed by atoms with van der Waals surface area (Å²) in [5, 5.41) is 0. The fourth-order valence-electron chi connectivity index (χ4n) is 3.67. The molecule has 1 heterocycles. The number of ether oxygens (including phenoxy) is 1. The highest BCUT2D eigenvalue weighted by Crippen LogP contribution is 2.22. The topological polar surface area (TPSA) is 61.9 Å². The van der Waals surface area contributed by atoms with Crippen molar-refractivity contribution in [3.63, 3.8) is 0 Å². The Balaban J connectivity index is 1.91. The molecule has 1 saturated heterocycles. The van der Waals surface area contributed by atoms with E-state index in [9.17, 15) is 8.42 Å². The zero-order valence-electron chi connectivity index (χ0n) is 14.1. The van der Waals surface area contributed by atoms with Gasteiger partial charge in [-0.2, -0.15) is 17.4 Å². The van der Waals surface area contributed by atoms with Crippen LogP contribution in [0.4, 0.5) is 0 Å². The van der Waals surface area contributed by atoms with Crippen molar-refractivity contribution in [2.24, 2.45) is 0 Å². The summed E-state index contributed by atoms with van der Waals surface area (Å²) in [5.74, 6) is 0. The van der Waals surface area contributed by atoms with Crippen LogP contribution >= 0.6 is 0 Å². The summed E-state index contributed by atoms with van der Waals surface area (Å²) < 4.78 is 34.8. The minimum absolute atomic E-state index is 0.135. The van der Waals surface area contributed by atoms with E-state index in [1.807, 2.05) is 0 Å². The fraction of sp³-hybridized carbons (Fsp3) is 1.00. The van der Waals surface area contributed by atoms with Crippen LogP contribution in [0.1, 0.15) is 46.0 Å². The molecule has 0 spiro atoms. The molecule has 0 amide bonds. The van der Waals surface area contributed by atoms with E-state index < -0.39 is 10.2 Å². The lowest BCUT2D eigenvalue weighted by Crippen LogP contribution is -2.60. The lowest BCUT2D eigenvalue weighted by atomic mass is 10.1. The number of rotatable bonds is 7. The van der Waals surface area contributed by atoms with Crippen molar-refractivity contribution < 1.29 is 13.2 Å². The smallest absolute Gasteiger partial charge is 0.279 e. The third-order valence-electron chi connectivity index (χ3n) is 4.84. The van der Waals surface area contributed by atoms with Crippen LogP contribution in [-0.2, 0) is 14.9 Å². The normalized spacial score (nSPS) is 29.2. The van der Waals surface area contributed by atoms with Crippen molar-refractivity contribution in [1.29, 1.82) is 0 Å². The van der Waals surface area contributed by atoms with E-state index in [1.54, 1.807) is 11.4 Å². The highest BCUT2D eigenvalue weighted by Gasteiger charge is 2.36. The minimum atomic E-state index is -3.35. The highest BCUT2D eigenvalue weighted by molar-refractivity contribution is 7.87. The highest BCUT2D eigenvalue weighted by atomic mass is 32.2. The van der Waals surface area contributed by atoms with Gasteiger partial charge in [0, 0.05) is 51.5 Å². The average Bonchev–Trinajstić information content (AvgIpc) is 2.93. The number of nitrogens with one attached hydrogen (secondary N) is 1. The van der Waals surface area contributed by atoms with E-state index in [1.165, 1.54) is 0 Å². The van der Waals surface area contributed by atoms with Crippen molar-refractivity contribution in [2.45, 2.75) is 64.1 Å². The Morgan fingerprint density at radius 2 is 1.73 bits per heavy atom. The Labute approximate surface area is 135 Å². The second-order valence-electron chi connectivity index (χ2n) is 6.70. The van der Waals surface area contributed by atoms with E-state index in [-0.39, 0.29) is 18.1 Å². The Bertz CT molecular complexity index is 425. The predicted octanol–water partition coefficient (Wildman–Crippen LogP) is 1.19. The van der Waals surface area contributed by atoms with Crippen LogP contribution in [0.15, 0.2) is 0 Å². The average molecular weight is 333 g/mol. The molecule has 7 heteroatoms. The summed E-state index contributed by atoms with van der Waals surface area (Å²) in [4.78, 5) is 2.39. The summed E-state index contributed by atoms with van der Waals surface area (Å²) in [5.41, 5.74) is 0. The first-order valence-corrected chi connectivity index (χ1v) is 9.90. The van der Waals surface area contributed by atoms with Crippen molar-refractivity contribution in [1.82, 2.24) is 13.9 Å². The molecule has 2 rings (SSSR count). The first kappa shape index (κ1) is 18.1. The van der Waals surface area contributed by atoms with Crippen molar-refractivity contribution in [3.8, 4) is 0 Å². The molecule has 2 fully saturated rings. The monoisotopic (exact) mass is 333 g/mol. The fourth-order valence-corrected chi connectivity index (χ4v) is 5.30. The Hall–Kier alpha value is -0.210. The molecule has 130 valence electrons. The van der Waals surface area contributed by atoms with Gasteiger partial charge in [0.15, 0.2) is 0 Å². The van der Waals surface area contributed by atoms with Crippen LogP contribution in [0.2, 0.25) is 0 Å². The number of hydrogen-bond donors (Lipinski definition) is 1. The van der Waals surface area contributed by atoms with Gasteiger partial charge < -0.3 is 4.74 Å². The summed E-state index contributed by atoms with van der Waals surface area (Å²) in [6.45, 7) is 7.07. The summed E-state index contributed by atoms with van der Waals surface area (Å²) in [6.07, 6.45) is 5.20. The first-order chi connectivity index (χ1) is 10.4. The maximum Gasteiger partial charge on any atom is 0.279 e. The lowest BCUT2D eigenvalue weighted by molar-refractivity contribution is 0.0659. The second-order valence-corrected chi connectivity index (χ2v) is 8.41. The van der Waals surface area contributed by atoms with E-state index >= 15 is 0 Å². The van der Waals surface area contributed by atoms with Crippen LogP contribution in [-0.4, -0.2) is 69.1 Å². The molecule has 0 bridgehead atoms. The van der Waals surface area contributed by atoms with E-state index in [0.29, 0.717) is 13.1 Å². The second kappa shape index (κ2) is 8.06. The van der Waals surface area contributed by atoms with Crippen LogP contribution in [0.25, 0.3) is 0 Å². The number of hydrogen-bond acceptors (Lipinski definition) is 4. The van der Waals surface area contributed by atoms with Crippen LogP contribution in [0.5, 0.6) is 0 Å². The third kappa shape index (κ3) is 4.64. The largest absolute Gasteiger partial charge is 0.385 e. The Morgan fingerprint density at radius 1 is 1.14 bits per heavy atom. The molecule has 1 saturated carbocycles. The minimum Gasteiger partial charge on any atom is -0.385 e. The summed E-state index contributed by atoms with van der Waals surface area (Å²) in [6, 6.07) is 0.608. The predicted molar refractivity (Wildman–Crippen MR) is 88.0 cm³/mol. The molecule has 1 aliphatic carbocycles. The Kier molecular flexibility index (Phi) is 6.64. The molecule has 6 nitrogen and oxygen atoms in total. The third-order valence-corrected chi connectivity index (χ3v) is 6.45. The van der Waals surface area contributed by atoms with Gasteiger partial charge in [0.2, 0.25) is 0 Å². The first-order valence-electron chi connectivity index (χ1n) is 8.46. The van der Waals surface area contributed by atoms with Gasteiger partial charge in [0.25, 0.3) is 10.2 Å². The molecule has 1 aliphatic heterocycles. The van der Waals surface area contributed by atoms with Gasteiger partial charge in [-0.3, -0.25) is 4.90 Å². The van der Waals surface area contributed by atoms with Gasteiger partial charge >= 0.3 is 0 Å². The molecular formula is C15H31N3O3S. The lowest BCUT2D eigenvalue weighted by Gasteiger charge is -2.44. The van der Waals surface area contributed by atoms with Crippen molar-refractivity contribution in [3.05, 3.63) is 0 Å². The maximum atomic E-state index is 12.6. The number of piperazine rings is 1. The van der Waals surface area contributed by atoms with Gasteiger partial charge in [-0.15, -0.1) is 0 Å². The van der Waals surface area contributed by atoms with Crippen LogP contribution in [0, 0.1) is 0 Å². The summed E-state index contributed by atoms with van der Waals surface area (Å²) in [7, 11) is -1.63. The molecule has 2 unspecified atom stereocenters. The molecule has 0 aromatic carbocycles. The maximum absolute atomic E-state index is 12.6. The standard InChI is InChI=1S/C15H31N3O3S/c1-13-11-17(12-14(2)18(13)9-6-10-21-3)22(19,20)16-15-7-4-5-8-15/h13-16H,4-12H2,1-3H3. The van der Waals surface area contributed by atoms with Crippen LogP contribution < -0.4 is 4.72 Å². The van der Waals surface area contributed by atoms with Gasteiger partial charge in [-0.05, 0) is 33.1 Å². The summed E-state index contributed by atoms with van der Waals surface area (Å²) >= 11 is 0. The van der Waals surface area contributed by atoms with E-state index in [2.05, 4.69) is 23.5 Å². The molecule has 2 atom stereocenters. The molecule has 0 aromatic heterocycles. The molecule has 22 heavy (non-hydrogen) atoms. The molecule has 1 N–H and O–H groups in total. The molecular weight excluding hydrogens is 302 g/mol. The van der Waals surface area contributed by atoms with Gasteiger partial charge in [0.05, 0.1) is 0 Å². The quantitative estimate of drug-likeness (QED) is 0.711. The van der Waals surface area contributed by atoms with Gasteiger partial charge in [-0.25, -0.2) is 0 Å². The van der Waals surface area contributed by atoms with Crippen molar-refractivity contribution in [2.75, 3.05) is 33.4 Å². The van der Waals surface area contributed by atoms with Crippen LogP contribution in [0.3, 0.4) is 0 Å². The van der Waals surface area contributed by atoms with Crippen molar-refractivity contribution >= 4 is 10.2 Å². The molecule has 0 radical (unpaired) electrons. The molecule has 2 aliphatic rings. The Morgan fingerprint density at radius 3 is 2.27 bits per heavy atom. The number of methoxy groups -OCH3 is 1. The SMILES string of the molecule is COCCCN1C(C)CN(S(=O)(=O)NC2CCCC2)CC1C. The van der Waals surface area contributed by atoms with Gasteiger partial charge in [0.1, 0.15) is 0 Å². The number of nitrogens with zero attached hydrogens (tertiary/aromatic N) is 2. The molecule has 0 aromatic rings. The zero-order valence-corrected chi connectivity index (χ0v) is 14.9. The zero-order chi connectivity index (χ0) is 16.2. The van der Waals surface area contributed by atoms with Gasteiger partial charge in [-0.1, -0.05) is 12.8 Å². The van der Waals surface area contributed by atoms with E-state index in [0.717, 1.165) is 45.3 Å².